The van der Waals surface area contributed by atoms with Gasteiger partial charge in [-0.15, -0.1) is 0 Å². The van der Waals surface area contributed by atoms with Crippen molar-refractivity contribution in [3.05, 3.63) is 60.4 Å². The van der Waals surface area contributed by atoms with Gasteiger partial charge in [0.25, 0.3) is 5.89 Å². The minimum Gasteiger partial charge on any atom is -0.368 e. The summed E-state index contributed by atoms with van der Waals surface area (Å²) in [5.74, 6) is 0.588. The number of para-hydroxylation sites is 1. The van der Waals surface area contributed by atoms with Crippen molar-refractivity contribution in [2.75, 3.05) is 17.7 Å². The molecule has 0 saturated carbocycles. The van der Waals surface area contributed by atoms with E-state index in [-0.39, 0.29) is 29.3 Å². The number of nitrogen functional groups attached to an aromatic ring is 1. The molecule has 0 aliphatic rings. The van der Waals surface area contributed by atoms with E-state index < -0.39 is 0 Å². The highest BCUT2D eigenvalue weighted by atomic mass is 19.1. The highest BCUT2D eigenvalue weighted by Crippen LogP contribution is 2.24. The van der Waals surface area contributed by atoms with Crippen molar-refractivity contribution in [2.45, 2.75) is 0 Å². The standard InChI is InChI=1S/C18H14FN7O/c1-26(13-5-3-2-4-6-13)18-23-14(22-17(20)24-18)15-21-16(27-25-15)11-7-9-12(19)10-8-11/h2-10H,1H3,(H2,20,22,23,24). The van der Waals surface area contributed by atoms with Crippen LogP contribution in [0.15, 0.2) is 59.1 Å². The maximum Gasteiger partial charge on any atom is 0.258 e. The molecule has 0 aliphatic heterocycles. The fourth-order valence-electron chi connectivity index (χ4n) is 2.42. The summed E-state index contributed by atoms with van der Waals surface area (Å²) >= 11 is 0. The predicted molar refractivity (Wildman–Crippen MR) is 97.4 cm³/mol. The number of benzene rings is 2. The lowest BCUT2D eigenvalue weighted by molar-refractivity contribution is 0.432. The third-order valence-electron chi connectivity index (χ3n) is 3.80. The average molecular weight is 363 g/mol. The second-order valence-corrected chi connectivity index (χ2v) is 5.64. The lowest BCUT2D eigenvalue weighted by Crippen LogP contribution is -2.15. The first kappa shape index (κ1) is 16.6. The molecule has 4 rings (SSSR count). The monoisotopic (exact) mass is 363 g/mol. The minimum absolute atomic E-state index is 0.0333. The molecular formula is C18H14FN7O. The van der Waals surface area contributed by atoms with Crippen LogP contribution in [0.3, 0.4) is 0 Å². The molecule has 0 amide bonds. The molecule has 8 nitrogen and oxygen atoms in total. The molecule has 2 N–H and O–H groups in total. The van der Waals surface area contributed by atoms with Gasteiger partial charge >= 0.3 is 0 Å². The molecule has 0 atom stereocenters. The second-order valence-electron chi connectivity index (χ2n) is 5.64. The Morgan fingerprint density at radius 3 is 2.37 bits per heavy atom. The van der Waals surface area contributed by atoms with Gasteiger partial charge in [-0.25, -0.2) is 4.39 Å². The van der Waals surface area contributed by atoms with Crippen LogP contribution in [0.25, 0.3) is 23.1 Å². The van der Waals surface area contributed by atoms with Crippen LogP contribution in [0.1, 0.15) is 0 Å². The van der Waals surface area contributed by atoms with E-state index in [1.54, 1.807) is 17.0 Å². The molecule has 134 valence electrons. The van der Waals surface area contributed by atoms with E-state index in [4.69, 9.17) is 10.3 Å². The fourth-order valence-corrected chi connectivity index (χ4v) is 2.42. The molecule has 0 radical (unpaired) electrons. The van der Waals surface area contributed by atoms with Crippen LogP contribution in [-0.4, -0.2) is 32.1 Å². The van der Waals surface area contributed by atoms with Gasteiger partial charge in [0.05, 0.1) is 0 Å². The first-order valence-electron chi connectivity index (χ1n) is 8.00. The van der Waals surface area contributed by atoms with Gasteiger partial charge in [-0.2, -0.15) is 19.9 Å². The van der Waals surface area contributed by atoms with E-state index in [1.165, 1.54) is 12.1 Å². The zero-order valence-electron chi connectivity index (χ0n) is 14.2. The minimum atomic E-state index is -0.350. The van der Waals surface area contributed by atoms with Gasteiger partial charge in [0, 0.05) is 18.3 Å². The van der Waals surface area contributed by atoms with Crippen molar-refractivity contribution in [1.82, 2.24) is 25.1 Å². The van der Waals surface area contributed by atoms with Crippen molar-refractivity contribution in [3.63, 3.8) is 0 Å². The number of anilines is 3. The molecule has 9 heteroatoms. The molecule has 4 aromatic rings. The van der Waals surface area contributed by atoms with Crippen molar-refractivity contribution in [2.24, 2.45) is 0 Å². The summed E-state index contributed by atoms with van der Waals surface area (Å²) in [5.41, 5.74) is 7.30. The van der Waals surface area contributed by atoms with Crippen molar-refractivity contribution < 1.29 is 8.91 Å². The van der Waals surface area contributed by atoms with Crippen LogP contribution >= 0.6 is 0 Å². The number of hydrogen-bond donors (Lipinski definition) is 1. The molecule has 0 fully saturated rings. The quantitative estimate of drug-likeness (QED) is 0.589. The Morgan fingerprint density at radius 2 is 1.63 bits per heavy atom. The first-order valence-corrected chi connectivity index (χ1v) is 8.00. The summed E-state index contributed by atoms with van der Waals surface area (Å²) in [5, 5.41) is 3.89. The summed E-state index contributed by atoms with van der Waals surface area (Å²) in [7, 11) is 1.81. The zero-order chi connectivity index (χ0) is 18.8. The topological polar surface area (TPSA) is 107 Å². The highest BCUT2D eigenvalue weighted by molar-refractivity contribution is 5.60. The van der Waals surface area contributed by atoms with Crippen LogP contribution in [0.5, 0.6) is 0 Å². The van der Waals surface area contributed by atoms with Crippen LogP contribution in [-0.2, 0) is 0 Å². The first-order chi connectivity index (χ1) is 13.1. The Labute approximate surface area is 153 Å². The summed E-state index contributed by atoms with van der Waals surface area (Å²) in [4.78, 5) is 18.7. The van der Waals surface area contributed by atoms with Crippen LogP contribution < -0.4 is 10.6 Å². The SMILES string of the molecule is CN(c1ccccc1)c1nc(N)nc(-c2noc(-c3ccc(F)cc3)n2)n1. The maximum atomic E-state index is 13.1. The molecule has 2 aromatic carbocycles. The van der Waals surface area contributed by atoms with Gasteiger partial charge in [-0.05, 0) is 36.4 Å². The maximum absolute atomic E-state index is 13.1. The third-order valence-corrected chi connectivity index (χ3v) is 3.80. The van der Waals surface area contributed by atoms with Crippen LogP contribution in [0.2, 0.25) is 0 Å². The van der Waals surface area contributed by atoms with Crippen LogP contribution in [0.4, 0.5) is 22.0 Å². The normalized spacial score (nSPS) is 10.7. The van der Waals surface area contributed by atoms with E-state index >= 15 is 0 Å². The van der Waals surface area contributed by atoms with Crippen molar-refractivity contribution in [1.29, 1.82) is 0 Å². The van der Waals surface area contributed by atoms with E-state index in [0.717, 1.165) is 5.69 Å². The van der Waals surface area contributed by atoms with E-state index in [1.807, 2.05) is 37.4 Å². The molecule has 0 unspecified atom stereocenters. The Balaban J connectivity index is 1.69. The average Bonchev–Trinajstić information content (AvgIpc) is 3.18. The lowest BCUT2D eigenvalue weighted by Gasteiger charge is -2.17. The smallest absolute Gasteiger partial charge is 0.258 e. The highest BCUT2D eigenvalue weighted by Gasteiger charge is 2.17. The summed E-state index contributed by atoms with van der Waals surface area (Å²) in [6, 6.07) is 15.3. The number of hydrogen-bond acceptors (Lipinski definition) is 8. The largest absolute Gasteiger partial charge is 0.368 e. The lowest BCUT2D eigenvalue weighted by atomic mass is 10.2. The zero-order valence-corrected chi connectivity index (χ0v) is 14.2. The Bertz CT molecular complexity index is 1070. The Morgan fingerprint density at radius 1 is 0.889 bits per heavy atom. The molecule has 0 aliphatic carbocycles. The molecule has 0 spiro atoms. The molecule has 2 heterocycles. The van der Waals surface area contributed by atoms with Crippen LogP contribution in [0, 0.1) is 5.82 Å². The number of nitrogens with zero attached hydrogens (tertiary/aromatic N) is 6. The summed E-state index contributed by atoms with van der Waals surface area (Å²) in [6.07, 6.45) is 0. The summed E-state index contributed by atoms with van der Waals surface area (Å²) in [6.45, 7) is 0. The molecule has 27 heavy (non-hydrogen) atoms. The number of rotatable bonds is 4. The second kappa shape index (κ2) is 6.79. The number of halogens is 1. The molecule has 2 aromatic heterocycles. The van der Waals surface area contributed by atoms with E-state index in [0.29, 0.717) is 11.5 Å². The molecular weight excluding hydrogens is 349 g/mol. The van der Waals surface area contributed by atoms with E-state index in [2.05, 4.69) is 25.1 Å². The third kappa shape index (κ3) is 3.43. The Kier molecular flexibility index (Phi) is 4.17. The van der Waals surface area contributed by atoms with Gasteiger partial charge in [0.2, 0.25) is 23.5 Å². The van der Waals surface area contributed by atoms with Gasteiger partial charge in [-0.1, -0.05) is 23.4 Å². The van der Waals surface area contributed by atoms with Gasteiger partial charge < -0.3 is 15.2 Å². The van der Waals surface area contributed by atoms with Gasteiger partial charge in [-0.3, -0.25) is 0 Å². The van der Waals surface area contributed by atoms with Crippen molar-refractivity contribution in [3.8, 4) is 23.1 Å². The van der Waals surface area contributed by atoms with Gasteiger partial charge in [0.1, 0.15) is 5.82 Å². The van der Waals surface area contributed by atoms with Crippen molar-refractivity contribution >= 4 is 17.6 Å². The fraction of sp³-hybridized carbons (Fsp3) is 0.0556. The molecule has 0 bridgehead atoms. The number of nitrogens with two attached hydrogens (primary N) is 1. The molecule has 0 saturated heterocycles. The number of aromatic nitrogens is 5. The Hall–Kier alpha value is -3.88. The summed E-state index contributed by atoms with van der Waals surface area (Å²) < 4.78 is 18.3. The van der Waals surface area contributed by atoms with Gasteiger partial charge in [0.15, 0.2) is 0 Å². The predicted octanol–water partition coefficient (Wildman–Crippen LogP) is 3.08. The van der Waals surface area contributed by atoms with E-state index in [9.17, 15) is 4.39 Å².